The van der Waals surface area contributed by atoms with Crippen LogP contribution in [0.2, 0.25) is 0 Å². The summed E-state index contributed by atoms with van der Waals surface area (Å²) >= 11 is 1.43. The van der Waals surface area contributed by atoms with Crippen molar-refractivity contribution in [2.24, 2.45) is 5.92 Å². The van der Waals surface area contributed by atoms with Crippen LogP contribution in [-0.2, 0) is 4.79 Å². The standard InChI is InChI=1S/C19H23N3OS/c1-14-7-6-10-22(12-14)18(23)13-24-19-20-15(2)11-17(21-19)16-8-4-3-5-9-16/h3-5,8-9,11,14H,6-7,10,12-13H2,1-2H3/t14-/m1/s1. The smallest absolute Gasteiger partial charge is 0.233 e. The Labute approximate surface area is 147 Å². The summed E-state index contributed by atoms with van der Waals surface area (Å²) in [6.45, 7) is 5.94. The summed E-state index contributed by atoms with van der Waals surface area (Å²) in [7, 11) is 0. The minimum Gasteiger partial charge on any atom is -0.342 e. The number of benzene rings is 1. The Morgan fingerprint density at radius 3 is 2.83 bits per heavy atom. The SMILES string of the molecule is Cc1cc(-c2ccccc2)nc(SCC(=O)N2CCC[C@@H](C)C2)n1. The molecule has 1 saturated heterocycles. The lowest BCUT2D eigenvalue weighted by Gasteiger charge is -2.30. The number of aromatic nitrogens is 2. The zero-order chi connectivity index (χ0) is 16.9. The maximum atomic E-state index is 12.4. The highest BCUT2D eigenvalue weighted by molar-refractivity contribution is 7.99. The fraction of sp³-hybridized carbons (Fsp3) is 0.421. The molecule has 0 bridgehead atoms. The zero-order valence-corrected chi connectivity index (χ0v) is 15.1. The highest BCUT2D eigenvalue weighted by Crippen LogP contribution is 2.23. The van der Waals surface area contributed by atoms with Crippen molar-refractivity contribution in [2.75, 3.05) is 18.8 Å². The number of nitrogens with zero attached hydrogens (tertiary/aromatic N) is 3. The van der Waals surface area contributed by atoms with E-state index in [0.29, 0.717) is 16.8 Å². The summed E-state index contributed by atoms with van der Waals surface area (Å²) in [5, 5.41) is 0.673. The lowest BCUT2D eigenvalue weighted by Crippen LogP contribution is -2.40. The van der Waals surface area contributed by atoms with E-state index in [1.54, 1.807) is 0 Å². The number of piperidine rings is 1. The van der Waals surface area contributed by atoms with Crippen LogP contribution in [-0.4, -0.2) is 39.6 Å². The van der Waals surface area contributed by atoms with Crippen molar-refractivity contribution in [1.29, 1.82) is 0 Å². The lowest BCUT2D eigenvalue weighted by atomic mass is 10.0. The molecule has 0 saturated carbocycles. The number of carbonyl (C=O) groups excluding carboxylic acids is 1. The van der Waals surface area contributed by atoms with Gasteiger partial charge in [0, 0.05) is 24.3 Å². The maximum absolute atomic E-state index is 12.4. The molecule has 1 aliphatic heterocycles. The van der Waals surface area contributed by atoms with Crippen LogP contribution in [0.15, 0.2) is 41.6 Å². The molecule has 2 heterocycles. The summed E-state index contributed by atoms with van der Waals surface area (Å²) in [4.78, 5) is 23.5. The first-order valence-corrected chi connectivity index (χ1v) is 9.42. The second-order valence-electron chi connectivity index (χ2n) is 6.42. The van der Waals surface area contributed by atoms with Gasteiger partial charge >= 0.3 is 0 Å². The van der Waals surface area contributed by atoms with Crippen molar-refractivity contribution in [2.45, 2.75) is 31.8 Å². The first-order chi connectivity index (χ1) is 11.6. The van der Waals surface area contributed by atoms with Crippen molar-refractivity contribution in [1.82, 2.24) is 14.9 Å². The first-order valence-electron chi connectivity index (χ1n) is 8.43. The van der Waals surface area contributed by atoms with E-state index in [4.69, 9.17) is 0 Å². The van der Waals surface area contributed by atoms with Crippen LogP contribution in [0.5, 0.6) is 0 Å². The molecule has 0 spiro atoms. The number of likely N-dealkylation sites (tertiary alicyclic amines) is 1. The highest BCUT2D eigenvalue weighted by Gasteiger charge is 2.21. The van der Waals surface area contributed by atoms with Gasteiger partial charge in [-0.05, 0) is 31.7 Å². The van der Waals surface area contributed by atoms with Gasteiger partial charge in [0.15, 0.2) is 5.16 Å². The largest absolute Gasteiger partial charge is 0.342 e. The zero-order valence-electron chi connectivity index (χ0n) is 14.2. The predicted molar refractivity (Wildman–Crippen MR) is 97.9 cm³/mol. The van der Waals surface area contributed by atoms with E-state index in [1.165, 1.54) is 18.2 Å². The highest BCUT2D eigenvalue weighted by atomic mass is 32.2. The van der Waals surface area contributed by atoms with E-state index in [1.807, 2.05) is 48.2 Å². The number of hydrogen-bond acceptors (Lipinski definition) is 4. The van der Waals surface area contributed by atoms with Crippen molar-refractivity contribution in [3.05, 3.63) is 42.1 Å². The topological polar surface area (TPSA) is 46.1 Å². The number of aryl methyl sites for hydroxylation is 1. The van der Waals surface area contributed by atoms with Gasteiger partial charge in [0.1, 0.15) is 0 Å². The second kappa shape index (κ2) is 7.79. The monoisotopic (exact) mass is 341 g/mol. The molecule has 3 rings (SSSR count). The van der Waals surface area contributed by atoms with Gasteiger partial charge < -0.3 is 4.90 Å². The van der Waals surface area contributed by atoms with Gasteiger partial charge in [-0.3, -0.25) is 4.79 Å². The van der Waals surface area contributed by atoms with Crippen LogP contribution in [0.25, 0.3) is 11.3 Å². The Morgan fingerprint density at radius 1 is 1.29 bits per heavy atom. The van der Waals surface area contributed by atoms with Gasteiger partial charge in [-0.1, -0.05) is 49.0 Å². The van der Waals surface area contributed by atoms with Gasteiger partial charge in [-0.2, -0.15) is 0 Å². The molecule has 1 fully saturated rings. The molecule has 2 aromatic rings. The normalized spacial score (nSPS) is 17.8. The van der Waals surface area contributed by atoms with E-state index < -0.39 is 0 Å². The quantitative estimate of drug-likeness (QED) is 0.627. The molecule has 0 aliphatic carbocycles. The molecule has 0 unspecified atom stereocenters. The fourth-order valence-corrected chi connectivity index (χ4v) is 3.80. The summed E-state index contributed by atoms with van der Waals surface area (Å²) in [6, 6.07) is 12.0. The van der Waals surface area contributed by atoms with Crippen LogP contribution < -0.4 is 0 Å². The van der Waals surface area contributed by atoms with Crippen molar-refractivity contribution < 1.29 is 4.79 Å². The first kappa shape index (κ1) is 17.0. The summed E-state index contributed by atoms with van der Waals surface area (Å²) < 4.78 is 0. The van der Waals surface area contributed by atoms with Gasteiger partial charge in [0.05, 0.1) is 11.4 Å². The van der Waals surface area contributed by atoms with Gasteiger partial charge in [-0.15, -0.1) is 0 Å². The average molecular weight is 341 g/mol. The number of hydrogen-bond donors (Lipinski definition) is 0. The number of rotatable bonds is 4. The lowest BCUT2D eigenvalue weighted by molar-refractivity contribution is -0.130. The van der Waals surface area contributed by atoms with Crippen molar-refractivity contribution in [3.63, 3.8) is 0 Å². The van der Waals surface area contributed by atoms with E-state index in [9.17, 15) is 4.79 Å². The van der Waals surface area contributed by atoms with E-state index in [0.717, 1.165) is 36.5 Å². The van der Waals surface area contributed by atoms with Crippen LogP contribution >= 0.6 is 11.8 Å². The Hall–Kier alpha value is -1.88. The van der Waals surface area contributed by atoms with Crippen LogP contribution in [0.3, 0.4) is 0 Å². The number of amides is 1. The van der Waals surface area contributed by atoms with Crippen molar-refractivity contribution >= 4 is 17.7 Å². The molecule has 4 nitrogen and oxygen atoms in total. The Morgan fingerprint density at radius 2 is 2.08 bits per heavy atom. The molecule has 24 heavy (non-hydrogen) atoms. The fourth-order valence-electron chi connectivity index (χ4n) is 3.00. The Balaban J connectivity index is 1.67. The number of thioether (sulfide) groups is 1. The Kier molecular flexibility index (Phi) is 5.51. The minimum atomic E-state index is 0.193. The molecule has 1 atom stereocenters. The maximum Gasteiger partial charge on any atom is 0.233 e. The summed E-state index contributed by atoms with van der Waals surface area (Å²) in [6.07, 6.45) is 2.33. The minimum absolute atomic E-state index is 0.193. The van der Waals surface area contributed by atoms with Gasteiger partial charge in [0.25, 0.3) is 0 Å². The van der Waals surface area contributed by atoms with E-state index in [-0.39, 0.29) is 5.91 Å². The van der Waals surface area contributed by atoms with Crippen LogP contribution in [0.1, 0.15) is 25.5 Å². The Bertz CT molecular complexity index is 705. The molecular formula is C19H23N3OS. The molecular weight excluding hydrogens is 318 g/mol. The third kappa shape index (κ3) is 4.35. The summed E-state index contributed by atoms with van der Waals surface area (Å²) in [5.74, 6) is 1.20. The van der Waals surface area contributed by atoms with Crippen LogP contribution in [0, 0.1) is 12.8 Å². The number of carbonyl (C=O) groups is 1. The molecule has 0 N–H and O–H groups in total. The van der Waals surface area contributed by atoms with Gasteiger partial charge in [0.2, 0.25) is 5.91 Å². The molecule has 0 radical (unpaired) electrons. The van der Waals surface area contributed by atoms with Crippen LogP contribution in [0.4, 0.5) is 0 Å². The molecule has 1 aromatic carbocycles. The molecule has 5 heteroatoms. The van der Waals surface area contributed by atoms with E-state index in [2.05, 4.69) is 16.9 Å². The predicted octanol–water partition coefficient (Wildman–Crippen LogP) is 3.80. The molecule has 1 amide bonds. The third-order valence-corrected chi connectivity index (χ3v) is 5.07. The van der Waals surface area contributed by atoms with E-state index >= 15 is 0 Å². The molecule has 126 valence electrons. The average Bonchev–Trinajstić information content (AvgIpc) is 2.60. The molecule has 1 aliphatic rings. The van der Waals surface area contributed by atoms with Gasteiger partial charge in [-0.25, -0.2) is 9.97 Å². The second-order valence-corrected chi connectivity index (χ2v) is 7.36. The summed E-state index contributed by atoms with van der Waals surface area (Å²) in [5.41, 5.74) is 2.90. The third-order valence-electron chi connectivity index (χ3n) is 4.24. The van der Waals surface area contributed by atoms with Crippen molar-refractivity contribution in [3.8, 4) is 11.3 Å². The molecule has 1 aromatic heterocycles.